The van der Waals surface area contributed by atoms with E-state index >= 15 is 0 Å². The van der Waals surface area contributed by atoms with Crippen LogP contribution in [0.25, 0.3) is 6.08 Å². The molecular formula is C12H13N3O3S. The van der Waals surface area contributed by atoms with Crippen molar-refractivity contribution in [3.63, 3.8) is 0 Å². The molecule has 0 unspecified atom stereocenters. The maximum Gasteiger partial charge on any atom is 0.325 e. The first-order chi connectivity index (χ1) is 9.04. The van der Waals surface area contributed by atoms with Gasteiger partial charge in [-0.1, -0.05) is 0 Å². The predicted molar refractivity (Wildman–Crippen MR) is 72.9 cm³/mol. The number of amides is 1. The van der Waals surface area contributed by atoms with E-state index in [2.05, 4.69) is 9.72 Å². The number of hydrogen-bond donors (Lipinski definition) is 1. The van der Waals surface area contributed by atoms with Crippen LogP contribution >= 0.6 is 12.2 Å². The number of carbonyl (C=O) groups excluding carboxylic acids is 2. The first kappa shape index (κ1) is 13.3. The van der Waals surface area contributed by atoms with Gasteiger partial charge in [0.1, 0.15) is 12.2 Å². The van der Waals surface area contributed by atoms with Crippen LogP contribution in [0.15, 0.2) is 24.0 Å². The average molecular weight is 279 g/mol. The van der Waals surface area contributed by atoms with Gasteiger partial charge in [0.15, 0.2) is 5.11 Å². The second kappa shape index (κ2) is 5.23. The quantitative estimate of drug-likeness (QED) is 0.498. The summed E-state index contributed by atoms with van der Waals surface area (Å²) in [5, 5.41) is 0.285. The van der Waals surface area contributed by atoms with Crippen LogP contribution in [-0.2, 0) is 14.3 Å². The first-order valence-electron chi connectivity index (χ1n) is 5.56. The Morgan fingerprint density at radius 1 is 1.58 bits per heavy atom. The lowest BCUT2D eigenvalue weighted by Crippen LogP contribution is -2.33. The van der Waals surface area contributed by atoms with E-state index in [1.807, 2.05) is 12.1 Å². The lowest BCUT2D eigenvalue weighted by molar-refractivity contribution is -0.140. The molecule has 1 aliphatic rings. The summed E-state index contributed by atoms with van der Waals surface area (Å²) in [6, 6.07) is 3.64. The van der Waals surface area contributed by atoms with E-state index in [9.17, 15) is 9.59 Å². The van der Waals surface area contributed by atoms with Crippen LogP contribution in [0.1, 0.15) is 5.69 Å². The molecule has 1 N–H and O–H groups in total. The van der Waals surface area contributed by atoms with Crippen molar-refractivity contribution < 1.29 is 14.3 Å². The highest BCUT2D eigenvalue weighted by molar-refractivity contribution is 7.80. The monoisotopic (exact) mass is 279 g/mol. The Labute approximate surface area is 115 Å². The maximum absolute atomic E-state index is 12.1. The number of thiocarbonyl (C=S) groups is 1. The van der Waals surface area contributed by atoms with Crippen LogP contribution in [0.3, 0.4) is 0 Å². The molecule has 7 heteroatoms. The van der Waals surface area contributed by atoms with Crippen LogP contribution in [0.4, 0.5) is 0 Å². The first-order valence-corrected chi connectivity index (χ1v) is 5.97. The maximum atomic E-state index is 12.1. The topological polar surface area (TPSA) is 65.6 Å². The van der Waals surface area contributed by atoms with E-state index in [1.54, 1.807) is 19.3 Å². The Balaban J connectivity index is 2.34. The third-order valence-electron chi connectivity index (χ3n) is 2.76. The Hall–Kier alpha value is -2.15. The number of nitrogens with zero attached hydrogens (tertiary/aromatic N) is 2. The number of hydrogen-bond acceptors (Lipinski definition) is 4. The number of H-pyrrole nitrogens is 1. The molecule has 100 valence electrons. The average Bonchev–Trinajstić information content (AvgIpc) is 2.98. The number of likely N-dealkylation sites (N-methyl/N-ethyl adjacent to an activating group) is 1. The lowest BCUT2D eigenvalue weighted by atomic mass is 10.3. The predicted octanol–water partition coefficient (Wildman–Crippen LogP) is 0.587. The summed E-state index contributed by atoms with van der Waals surface area (Å²) in [5.74, 6) is -0.702. The molecule has 6 nitrogen and oxygen atoms in total. The molecule has 0 aliphatic carbocycles. The fraction of sp³-hybridized carbons (Fsp3) is 0.250. The number of aromatic amines is 1. The third kappa shape index (κ3) is 2.50. The van der Waals surface area contributed by atoms with E-state index in [4.69, 9.17) is 12.2 Å². The number of ether oxygens (including phenoxy) is 1. The van der Waals surface area contributed by atoms with E-state index < -0.39 is 5.97 Å². The summed E-state index contributed by atoms with van der Waals surface area (Å²) in [6.45, 7) is -0.0854. The van der Waals surface area contributed by atoms with E-state index in [1.165, 1.54) is 16.9 Å². The van der Waals surface area contributed by atoms with Gasteiger partial charge in [-0.3, -0.25) is 14.5 Å². The molecule has 1 amide bonds. The molecule has 1 aromatic heterocycles. The van der Waals surface area contributed by atoms with E-state index in [0.717, 1.165) is 5.69 Å². The van der Waals surface area contributed by atoms with Crippen molar-refractivity contribution in [2.75, 3.05) is 20.7 Å². The van der Waals surface area contributed by atoms with Crippen molar-refractivity contribution in [3.8, 4) is 0 Å². The van der Waals surface area contributed by atoms with E-state index in [0.29, 0.717) is 5.70 Å². The van der Waals surface area contributed by atoms with Crippen LogP contribution in [0.2, 0.25) is 0 Å². The van der Waals surface area contributed by atoms with E-state index in [-0.39, 0.29) is 17.6 Å². The van der Waals surface area contributed by atoms with Crippen molar-refractivity contribution in [3.05, 3.63) is 29.7 Å². The normalized spacial score (nSPS) is 17.5. The standard InChI is InChI=1S/C12H13N3O3S/c1-14-11(17)9(6-8-4-3-5-13-8)15(12(14)19)7-10(16)18-2/h3-6,13H,7H2,1-2H3/b9-6-. The fourth-order valence-corrected chi connectivity index (χ4v) is 1.97. The summed E-state index contributed by atoms with van der Waals surface area (Å²) in [5.41, 5.74) is 1.11. The highest BCUT2D eigenvalue weighted by atomic mass is 32.1. The number of nitrogens with one attached hydrogen (secondary N) is 1. The molecule has 2 heterocycles. The van der Waals surface area contributed by atoms with Gasteiger partial charge in [0, 0.05) is 18.9 Å². The van der Waals surface area contributed by atoms with Gasteiger partial charge in [0.2, 0.25) is 0 Å². The number of esters is 1. The van der Waals surface area contributed by atoms with Gasteiger partial charge in [-0.05, 0) is 30.4 Å². The summed E-state index contributed by atoms with van der Waals surface area (Å²) >= 11 is 5.15. The molecule has 1 aliphatic heterocycles. The molecule has 0 atom stereocenters. The van der Waals surface area contributed by atoms with Crippen molar-refractivity contribution in [2.45, 2.75) is 0 Å². The third-order valence-corrected chi connectivity index (χ3v) is 3.26. The largest absolute Gasteiger partial charge is 0.468 e. The number of methoxy groups -OCH3 is 1. The highest BCUT2D eigenvalue weighted by Gasteiger charge is 2.36. The Morgan fingerprint density at radius 2 is 2.32 bits per heavy atom. The van der Waals surface area contributed by atoms with Gasteiger partial charge in [-0.15, -0.1) is 0 Å². The van der Waals surface area contributed by atoms with Crippen LogP contribution in [0, 0.1) is 0 Å². The van der Waals surface area contributed by atoms with Crippen molar-refractivity contribution >= 4 is 35.3 Å². The lowest BCUT2D eigenvalue weighted by Gasteiger charge is -2.16. The van der Waals surface area contributed by atoms with Gasteiger partial charge in [0.25, 0.3) is 5.91 Å². The zero-order valence-corrected chi connectivity index (χ0v) is 11.4. The van der Waals surface area contributed by atoms with Gasteiger partial charge >= 0.3 is 5.97 Å². The molecule has 0 radical (unpaired) electrons. The second-order valence-corrected chi connectivity index (χ2v) is 4.33. The van der Waals surface area contributed by atoms with Crippen LogP contribution < -0.4 is 0 Å². The summed E-state index contributed by atoms with van der Waals surface area (Å²) in [7, 11) is 2.87. The molecule has 1 fully saturated rings. The molecule has 0 spiro atoms. The van der Waals surface area contributed by atoms with Crippen molar-refractivity contribution in [1.29, 1.82) is 0 Å². The molecule has 1 aromatic rings. The smallest absolute Gasteiger partial charge is 0.325 e. The molecule has 0 aromatic carbocycles. The minimum atomic E-state index is -0.456. The van der Waals surface area contributed by atoms with Crippen LogP contribution in [0.5, 0.6) is 0 Å². The molecule has 0 bridgehead atoms. The zero-order chi connectivity index (χ0) is 14.0. The minimum absolute atomic E-state index is 0.0854. The Bertz CT molecular complexity index is 551. The second-order valence-electron chi connectivity index (χ2n) is 3.96. The van der Waals surface area contributed by atoms with Gasteiger partial charge < -0.3 is 14.6 Å². The minimum Gasteiger partial charge on any atom is -0.468 e. The van der Waals surface area contributed by atoms with Crippen LogP contribution in [-0.4, -0.2) is 52.5 Å². The Morgan fingerprint density at radius 3 is 2.89 bits per heavy atom. The SMILES string of the molecule is COC(=O)CN1C(=S)N(C)C(=O)/C1=C/c1ccc[nH]1. The number of carbonyl (C=O) groups is 2. The molecular weight excluding hydrogens is 266 g/mol. The van der Waals surface area contributed by atoms with Gasteiger partial charge in [-0.2, -0.15) is 0 Å². The fourth-order valence-electron chi connectivity index (χ4n) is 1.73. The zero-order valence-electron chi connectivity index (χ0n) is 10.5. The summed E-state index contributed by atoms with van der Waals surface area (Å²) < 4.78 is 4.61. The number of rotatable bonds is 3. The number of aromatic nitrogens is 1. The summed E-state index contributed by atoms with van der Waals surface area (Å²) in [6.07, 6.45) is 3.40. The Kier molecular flexibility index (Phi) is 3.66. The summed E-state index contributed by atoms with van der Waals surface area (Å²) in [4.78, 5) is 29.2. The molecule has 2 rings (SSSR count). The van der Waals surface area contributed by atoms with Crippen molar-refractivity contribution in [2.24, 2.45) is 0 Å². The highest BCUT2D eigenvalue weighted by Crippen LogP contribution is 2.21. The molecule has 1 saturated heterocycles. The van der Waals surface area contributed by atoms with Crippen molar-refractivity contribution in [1.82, 2.24) is 14.8 Å². The molecule has 0 saturated carbocycles. The van der Waals surface area contributed by atoms with Gasteiger partial charge in [-0.25, -0.2) is 0 Å². The van der Waals surface area contributed by atoms with Gasteiger partial charge in [0.05, 0.1) is 7.11 Å². The molecule has 19 heavy (non-hydrogen) atoms.